The third-order valence-electron chi connectivity index (χ3n) is 5.07. The molecule has 1 aromatic carbocycles. The molecular weight excluding hydrogens is 338 g/mol. The smallest absolute Gasteiger partial charge is 0.358 e. The lowest BCUT2D eigenvalue weighted by Gasteiger charge is -2.30. The fourth-order valence-corrected chi connectivity index (χ4v) is 3.76. The minimum atomic E-state index is -0.516. The van der Waals surface area contributed by atoms with Crippen LogP contribution in [-0.2, 0) is 4.74 Å². The zero-order valence-electron chi connectivity index (χ0n) is 15.6. The number of terminal acetylenes is 1. The highest BCUT2D eigenvalue weighted by Crippen LogP contribution is 2.36. The van der Waals surface area contributed by atoms with Crippen LogP contribution in [-0.4, -0.2) is 29.1 Å². The molecule has 0 amide bonds. The van der Waals surface area contributed by atoms with E-state index < -0.39 is 5.97 Å². The Bertz CT molecular complexity index is 814. The van der Waals surface area contributed by atoms with E-state index in [4.69, 9.17) is 11.2 Å². The second-order valence-corrected chi connectivity index (χ2v) is 6.83. The molecule has 2 aromatic rings. The van der Waals surface area contributed by atoms with Crippen molar-refractivity contribution in [1.82, 2.24) is 9.97 Å². The molecule has 1 fully saturated rings. The lowest BCUT2D eigenvalue weighted by atomic mass is 9.78. The molecule has 27 heavy (non-hydrogen) atoms. The molecule has 5 heteroatoms. The van der Waals surface area contributed by atoms with Gasteiger partial charge in [-0.1, -0.05) is 42.7 Å². The van der Waals surface area contributed by atoms with Crippen LogP contribution in [0.25, 0.3) is 0 Å². The van der Waals surface area contributed by atoms with Gasteiger partial charge >= 0.3 is 5.97 Å². The zero-order valence-corrected chi connectivity index (χ0v) is 15.6. The summed E-state index contributed by atoms with van der Waals surface area (Å²) in [4.78, 5) is 20.3. The average molecular weight is 363 g/mol. The van der Waals surface area contributed by atoms with E-state index in [-0.39, 0.29) is 12.3 Å². The van der Waals surface area contributed by atoms with Crippen molar-refractivity contribution in [2.45, 2.75) is 38.5 Å². The molecule has 0 aliphatic heterocycles. The molecule has 1 N–H and O–H groups in total. The van der Waals surface area contributed by atoms with Crippen molar-refractivity contribution in [3.8, 4) is 12.3 Å². The molecule has 5 nitrogen and oxygen atoms in total. The largest absolute Gasteiger partial charge is 0.461 e. The van der Waals surface area contributed by atoms with E-state index in [0.29, 0.717) is 23.2 Å². The lowest BCUT2D eigenvalue weighted by molar-refractivity contribution is 0.0519. The van der Waals surface area contributed by atoms with Gasteiger partial charge in [-0.15, -0.1) is 6.42 Å². The van der Waals surface area contributed by atoms with E-state index in [1.54, 1.807) is 6.92 Å². The van der Waals surface area contributed by atoms with E-state index in [9.17, 15) is 4.79 Å². The number of anilines is 1. The Morgan fingerprint density at radius 3 is 2.85 bits per heavy atom. The summed E-state index contributed by atoms with van der Waals surface area (Å²) in [6.45, 7) is 2.80. The first-order chi connectivity index (χ1) is 13.2. The number of nitrogens with zero attached hydrogens (tertiary/aromatic N) is 2. The molecule has 140 valence electrons. The third-order valence-corrected chi connectivity index (χ3v) is 5.07. The van der Waals surface area contributed by atoms with Gasteiger partial charge in [0.1, 0.15) is 12.1 Å². The van der Waals surface area contributed by atoms with Crippen LogP contribution in [0.1, 0.15) is 60.1 Å². The van der Waals surface area contributed by atoms with Gasteiger partial charge in [-0.25, -0.2) is 14.8 Å². The number of nitrogens with one attached hydrogen (secondary N) is 1. The number of rotatable bonds is 6. The Labute approximate surface area is 160 Å². The Hall–Kier alpha value is -2.87. The Kier molecular flexibility index (Phi) is 6.43. The summed E-state index contributed by atoms with van der Waals surface area (Å²) >= 11 is 0. The highest BCUT2D eigenvalue weighted by Gasteiger charge is 2.24. The number of benzene rings is 1. The van der Waals surface area contributed by atoms with Crippen molar-refractivity contribution < 1.29 is 9.53 Å². The van der Waals surface area contributed by atoms with Crippen LogP contribution < -0.4 is 5.32 Å². The number of ether oxygens (including phenoxy) is 1. The maximum atomic E-state index is 12.0. The monoisotopic (exact) mass is 363 g/mol. The topological polar surface area (TPSA) is 64.1 Å². The van der Waals surface area contributed by atoms with Gasteiger partial charge in [0.25, 0.3) is 0 Å². The highest BCUT2D eigenvalue weighted by molar-refractivity contribution is 5.91. The first kappa shape index (κ1) is 18.9. The van der Waals surface area contributed by atoms with Crippen LogP contribution in [0, 0.1) is 18.3 Å². The molecule has 1 aliphatic rings. The molecule has 1 aliphatic carbocycles. The molecule has 0 bridgehead atoms. The SMILES string of the molecule is C#Cc1c(NCC2CCC[C@@H](c3ccccc3)C2)ncnc1C(=O)OCC. The molecule has 3 rings (SSSR count). The fraction of sp³-hybridized carbons (Fsp3) is 0.409. The van der Waals surface area contributed by atoms with Gasteiger partial charge in [0, 0.05) is 6.54 Å². The number of aromatic nitrogens is 2. The van der Waals surface area contributed by atoms with E-state index in [1.165, 1.54) is 31.2 Å². The summed E-state index contributed by atoms with van der Waals surface area (Å²) in [5.74, 6) is 3.68. The van der Waals surface area contributed by atoms with E-state index in [2.05, 4.69) is 51.5 Å². The van der Waals surface area contributed by atoms with Crippen LogP contribution >= 0.6 is 0 Å². The van der Waals surface area contributed by atoms with Gasteiger partial charge in [0.05, 0.1) is 12.2 Å². The molecule has 0 spiro atoms. The van der Waals surface area contributed by atoms with Gasteiger partial charge in [0.2, 0.25) is 0 Å². The first-order valence-electron chi connectivity index (χ1n) is 9.50. The van der Waals surface area contributed by atoms with Crippen LogP contribution in [0.3, 0.4) is 0 Å². The van der Waals surface area contributed by atoms with Gasteiger partial charge in [-0.2, -0.15) is 0 Å². The Balaban J connectivity index is 1.67. The number of carbonyl (C=O) groups is 1. The number of esters is 1. The average Bonchev–Trinajstić information content (AvgIpc) is 2.73. The molecule has 0 radical (unpaired) electrons. The standard InChI is InChI=1S/C22H25N3O2/c1-3-19-20(22(26)27-4-2)24-15-25-21(19)23-14-16-9-8-12-18(13-16)17-10-6-5-7-11-17/h1,5-7,10-11,15-16,18H,4,8-9,12-14H2,2H3,(H,23,24,25)/t16?,18-/m1/s1. The summed E-state index contributed by atoms with van der Waals surface area (Å²) in [5, 5.41) is 3.34. The summed E-state index contributed by atoms with van der Waals surface area (Å²) in [6, 6.07) is 10.7. The molecular formula is C22H25N3O2. The fourth-order valence-electron chi connectivity index (χ4n) is 3.76. The van der Waals surface area contributed by atoms with Crippen molar-refractivity contribution in [1.29, 1.82) is 0 Å². The normalized spacial score (nSPS) is 19.1. The molecule has 2 atom stereocenters. The van der Waals surface area contributed by atoms with Gasteiger partial charge in [-0.3, -0.25) is 0 Å². The van der Waals surface area contributed by atoms with Crippen molar-refractivity contribution in [3.63, 3.8) is 0 Å². The van der Waals surface area contributed by atoms with E-state index in [1.807, 2.05) is 0 Å². The second-order valence-electron chi connectivity index (χ2n) is 6.83. The molecule has 1 heterocycles. The minimum absolute atomic E-state index is 0.141. The number of hydrogen-bond acceptors (Lipinski definition) is 5. The summed E-state index contributed by atoms with van der Waals surface area (Å²) in [6.07, 6.45) is 11.7. The maximum Gasteiger partial charge on any atom is 0.358 e. The van der Waals surface area contributed by atoms with Crippen molar-refractivity contribution in [3.05, 3.63) is 53.5 Å². The summed E-state index contributed by atoms with van der Waals surface area (Å²) in [7, 11) is 0. The molecule has 0 saturated heterocycles. The van der Waals surface area contributed by atoms with Gasteiger partial charge in [0.15, 0.2) is 5.69 Å². The summed E-state index contributed by atoms with van der Waals surface area (Å²) in [5.41, 5.74) is 1.92. The summed E-state index contributed by atoms with van der Waals surface area (Å²) < 4.78 is 5.03. The predicted molar refractivity (Wildman–Crippen MR) is 106 cm³/mol. The zero-order chi connectivity index (χ0) is 19.1. The predicted octanol–water partition coefficient (Wildman–Crippen LogP) is 4.02. The molecule has 1 aromatic heterocycles. The van der Waals surface area contributed by atoms with Gasteiger partial charge in [-0.05, 0) is 43.6 Å². The Morgan fingerprint density at radius 1 is 1.30 bits per heavy atom. The van der Waals surface area contributed by atoms with Crippen LogP contribution in [0.2, 0.25) is 0 Å². The van der Waals surface area contributed by atoms with Gasteiger partial charge < -0.3 is 10.1 Å². The molecule has 1 saturated carbocycles. The lowest BCUT2D eigenvalue weighted by Crippen LogP contribution is -2.22. The quantitative estimate of drug-likeness (QED) is 0.620. The van der Waals surface area contributed by atoms with E-state index >= 15 is 0 Å². The van der Waals surface area contributed by atoms with E-state index in [0.717, 1.165) is 13.0 Å². The third kappa shape index (κ3) is 4.65. The number of hydrogen-bond donors (Lipinski definition) is 1. The highest BCUT2D eigenvalue weighted by atomic mass is 16.5. The first-order valence-corrected chi connectivity index (χ1v) is 9.50. The van der Waals surface area contributed by atoms with Crippen LogP contribution in [0.4, 0.5) is 5.82 Å². The minimum Gasteiger partial charge on any atom is -0.461 e. The molecule has 1 unspecified atom stereocenters. The number of carbonyl (C=O) groups excluding carboxylic acids is 1. The second kappa shape index (κ2) is 9.18. The van der Waals surface area contributed by atoms with Crippen LogP contribution in [0.5, 0.6) is 0 Å². The van der Waals surface area contributed by atoms with Crippen LogP contribution in [0.15, 0.2) is 36.7 Å². The van der Waals surface area contributed by atoms with Crippen molar-refractivity contribution in [2.75, 3.05) is 18.5 Å². The Morgan fingerprint density at radius 2 is 2.11 bits per heavy atom. The van der Waals surface area contributed by atoms with Crippen molar-refractivity contribution >= 4 is 11.8 Å². The maximum absolute atomic E-state index is 12.0. The van der Waals surface area contributed by atoms with Crippen molar-refractivity contribution in [2.24, 2.45) is 5.92 Å².